The van der Waals surface area contributed by atoms with Crippen molar-refractivity contribution in [2.24, 2.45) is 0 Å². The Morgan fingerprint density at radius 1 is 1.19 bits per heavy atom. The van der Waals surface area contributed by atoms with E-state index >= 15 is 0 Å². The number of rotatable bonds is 6. The van der Waals surface area contributed by atoms with Gasteiger partial charge in [0.15, 0.2) is 0 Å². The molecule has 0 amide bonds. The highest BCUT2D eigenvalue weighted by molar-refractivity contribution is 7.89. The molecule has 0 spiro atoms. The lowest BCUT2D eigenvalue weighted by Gasteiger charge is -2.18. The van der Waals surface area contributed by atoms with Crippen molar-refractivity contribution < 1.29 is 8.42 Å². The van der Waals surface area contributed by atoms with Crippen LogP contribution in [0, 0.1) is 6.07 Å². The number of hydrogen-bond donors (Lipinski definition) is 0. The van der Waals surface area contributed by atoms with Gasteiger partial charge in [-0.1, -0.05) is 24.3 Å². The van der Waals surface area contributed by atoms with Gasteiger partial charge in [0.1, 0.15) is 0 Å². The molecule has 0 N–H and O–H groups in total. The molecule has 0 aromatic heterocycles. The van der Waals surface area contributed by atoms with Crippen LogP contribution in [0.2, 0.25) is 0 Å². The fourth-order valence-electron chi connectivity index (χ4n) is 1.25. The van der Waals surface area contributed by atoms with Gasteiger partial charge in [-0.3, -0.25) is 0 Å². The summed E-state index contributed by atoms with van der Waals surface area (Å²) in [5.74, 6) is 0. The van der Waals surface area contributed by atoms with E-state index in [1.807, 2.05) is 0 Å². The van der Waals surface area contributed by atoms with E-state index in [0.29, 0.717) is 0 Å². The molecule has 0 aliphatic carbocycles. The third-order valence-corrected chi connectivity index (χ3v) is 3.84. The van der Waals surface area contributed by atoms with E-state index in [4.69, 9.17) is 0 Å². The first-order valence-corrected chi connectivity index (χ1v) is 6.25. The monoisotopic (exact) mass is 236 g/mol. The van der Waals surface area contributed by atoms with Gasteiger partial charge in [-0.25, -0.2) is 8.42 Å². The van der Waals surface area contributed by atoms with Crippen LogP contribution in [0.4, 0.5) is 0 Å². The van der Waals surface area contributed by atoms with Crippen LogP contribution >= 0.6 is 0 Å². The molecule has 0 saturated carbocycles. The van der Waals surface area contributed by atoms with E-state index in [0.717, 1.165) is 0 Å². The minimum absolute atomic E-state index is 0.259. The van der Waals surface area contributed by atoms with Gasteiger partial charge in [0.2, 0.25) is 10.0 Å². The summed E-state index contributed by atoms with van der Waals surface area (Å²) in [4.78, 5) is 0.259. The highest BCUT2D eigenvalue weighted by atomic mass is 32.2. The number of sulfonamides is 1. The van der Waals surface area contributed by atoms with Crippen LogP contribution in [-0.4, -0.2) is 25.8 Å². The summed E-state index contributed by atoms with van der Waals surface area (Å²) in [6.07, 6.45) is 3.10. The molecule has 0 unspecified atom stereocenters. The molecule has 0 atom stereocenters. The second-order valence-corrected chi connectivity index (χ2v) is 5.07. The van der Waals surface area contributed by atoms with Crippen molar-refractivity contribution in [3.05, 3.63) is 55.6 Å². The van der Waals surface area contributed by atoms with Crippen LogP contribution in [0.1, 0.15) is 0 Å². The number of hydrogen-bond acceptors (Lipinski definition) is 2. The molecule has 0 bridgehead atoms. The minimum Gasteiger partial charge on any atom is -0.207 e. The lowest BCUT2D eigenvalue weighted by Crippen LogP contribution is -2.31. The van der Waals surface area contributed by atoms with Crippen molar-refractivity contribution >= 4 is 10.0 Å². The first-order valence-electron chi connectivity index (χ1n) is 4.81. The van der Waals surface area contributed by atoms with E-state index in [9.17, 15) is 8.42 Å². The summed E-state index contributed by atoms with van der Waals surface area (Å²) in [5, 5.41) is 0. The van der Waals surface area contributed by atoms with E-state index < -0.39 is 10.0 Å². The summed E-state index contributed by atoms with van der Waals surface area (Å²) in [7, 11) is -3.45. The van der Waals surface area contributed by atoms with Crippen LogP contribution in [0.5, 0.6) is 0 Å². The molecule has 0 saturated heterocycles. The summed E-state index contributed by atoms with van der Waals surface area (Å²) in [6, 6.07) is 8.98. The molecule has 1 radical (unpaired) electrons. The molecule has 0 fully saturated rings. The Labute approximate surface area is 96.8 Å². The van der Waals surface area contributed by atoms with Crippen molar-refractivity contribution in [3.63, 3.8) is 0 Å². The molecule has 0 aliphatic rings. The normalized spacial score (nSPS) is 11.3. The fraction of sp³-hybridized carbons (Fsp3) is 0.167. The van der Waals surface area contributed by atoms with Crippen LogP contribution in [0.25, 0.3) is 0 Å². The van der Waals surface area contributed by atoms with E-state index in [1.54, 1.807) is 24.3 Å². The van der Waals surface area contributed by atoms with Crippen LogP contribution in [0.15, 0.2) is 54.5 Å². The summed E-state index contributed by atoms with van der Waals surface area (Å²) in [5.41, 5.74) is 0. The first-order chi connectivity index (χ1) is 7.62. The minimum atomic E-state index is -3.45. The maximum atomic E-state index is 12.1. The highest BCUT2D eigenvalue weighted by Gasteiger charge is 2.21. The van der Waals surface area contributed by atoms with E-state index in [-0.39, 0.29) is 18.0 Å². The molecule has 4 heteroatoms. The first kappa shape index (κ1) is 12.7. The SMILES string of the molecule is C=CCN(CC=C)S(=O)(=O)c1cc[c]cc1. The van der Waals surface area contributed by atoms with Gasteiger partial charge < -0.3 is 0 Å². The fourth-order valence-corrected chi connectivity index (χ4v) is 2.63. The largest absolute Gasteiger partial charge is 0.243 e. The molecule has 3 nitrogen and oxygen atoms in total. The smallest absolute Gasteiger partial charge is 0.207 e. The zero-order valence-electron chi connectivity index (χ0n) is 8.96. The van der Waals surface area contributed by atoms with E-state index in [2.05, 4.69) is 19.2 Å². The molecule has 16 heavy (non-hydrogen) atoms. The molecular weight excluding hydrogens is 222 g/mol. The van der Waals surface area contributed by atoms with Crippen LogP contribution in [0.3, 0.4) is 0 Å². The Morgan fingerprint density at radius 3 is 2.12 bits per heavy atom. The van der Waals surface area contributed by atoms with Gasteiger partial charge in [0.25, 0.3) is 0 Å². The van der Waals surface area contributed by atoms with Crippen molar-refractivity contribution in [1.82, 2.24) is 4.31 Å². The van der Waals surface area contributed by atoms with Gasteiger partial charge >= 0.3 is 0 Å². The Kier molecular flexibility index (Phi) is 4.46. The second kappa shape index (κ2) is 5.63. The summed E-state index contributed by atoms with van der Waals surface area (Å²) < 4.78 is 25.6. The zero-order chi connectivity index (χ0) is 12.0. The highest BCUT2D eigenvalue weighted by Crippen LogP contribution is 2.14. The summed E-state index contributed by atoms with van der Waals surface area (Å²) in [6.45, 7) is 7.63. The maximum absolute atomic E-state index is 12.1. The average molecular weight is 236 g/mol. The van der Waals surface area contributed by atoms with Crippen molar-refractivity contribution in [2.75, 3.05) is 13.1 Å². The van der Waals surface area contributed by atoms with E-state index in [1.165, 1.54) is 16.4 Å². The molecule has 1 aromatic rings. The Morgan fingerprint density at radius 2 is 1.69 bits per heavy atom. The molecular formula is C12H14NO2S. The molecule has 85 valence electrons. The number of benzene rings is 1. The van der Waals surface area contributed by atoms with Crippen LogP contribution in [-0.2, 0) is 10.0 Å². The predicted molar refractivity (Wildman–Crippen MR) is 64.4 cm³/mol. The van der Waals surface area contributed by atoms with Gasteiger partial charge in [0, 0.05) is 13.1 Å². The maximum Gasteiger partial charge on any atom is 0.243 e. The second-order valence-electron chi connectivity index (χ2n) is 3.14. The van der Waals surface area contributed by atoms with Crippen molar-refractivity contribution in [1.29, 1.82) is 0 Å². The quantitative estimate of drug-likeness (QED) is 0.707. The van der Waals surface area contributed by atoms with Crippen LogP contribution < -0.4 is 0 Å². The Balaban J connectivity index is 3.07. The number of nitrogens with zero attached hydrogens (tertiary/aromatic N) is 1. The molecule has 1 aromatic carbocycles. The summed E-state index contributed by atoms with van der Waals surface area (Å²) >= 11 is 0. The third kappa shape index (κ3) is 2.81. The average Bonchev–Trinajstić information content (AvgIpc) is 2.30. The molecule has 0 aliphatic heterocycles. The van der Waals surface area contributed by atoms with Gasteiger partial charge in [-0.2, -0.15) is 4.31 Å². The van der Waals surface area contributed by atoms with Gasteiger partial charge in [-0.05, 0) is 18.2 Å². The topological polar surface area (TPSA) is 37.4 Å². The Hall–Kier alpha value is -1.39. The molecule has 1 rings (SSSR count). The molecule has 0 heterocycles. The third-order valence-electron chi connectivity index (χ3n) is 1.99. The van der Waals surface area contributed by atoms with Gasteiger partial charge in [0.05, 0.1) is 4.90 Å². The Bertz CT molecular complexity index is 441. The lowest BCUT2D eigenvalue weighted by molar-refractivity contribution is 0.474. The van der Waals surface area contributed by atoms with Crippen molar-refractivity contribution in [3.8, 4) is 0 Å². The predicted octanol–water partition coefficient (Wildman–Crippen LogP) is 1.85. The van der Waals surface area contributed by atoms with Crippen molar-refractivity contribution in [2.45, 2.75) is 4.90 Å². The van der Waals surface area contributed by atoms with Gasteiger partial charge in [-0.15, -0.1) is 13.2 Å². The standard InChI is InChI=1S/C12H14NO2S/c1-3-10-13(11-4-2)16(14,15)12-8-6-5-7-9-12/h3-4,6-9H,1-2,10-11H2. The zero-order valence-corrected chi connectivity index (χ0v) is 9.78. The lowest BCUT2D eigenvalue weighted by atomic mass is 10.4.